The van der Waals surface area contributed by atoms with Gasteiger partial charge in [0.15, 0.2) is 5.78 Å². The van der Waals surface area contributed by atoms with Gasteiger partial charge in [-0.05, 0) is 36.5 Å². The van der Waals surface area contributed by atoms with Crippen molar-refractivity contribution < 1.29 is 27.5 Å². The van der Waals surface area contributed by atoms with E-state index < -0.39 is 29.5 Å². The van der Waals surface area contributed by atoms with Crippen LogP contribution in [0.5, 0.6) is 0 Å². The summed E-state index contributed by atoms with van der Waals surface area (Å²) in [5, 5.41) is 0. The van der Waals surface area contributed by atoms with E-state index in [9.17, 15) is 22.8 Å². The summed E-state index contributed by atoms with van der Waals surface area (Å²) in [6.07, 6.45) is -3.60. The van der Waals surface area contributed by atoms with Gasteiger partial charge in [0.2, 0.25) is 0 Å². The Morgan fingerprint density at radius 1 is 1.18 bits per heavy atom. The van der Waals surface area contributed by atoms with Crippen molar-refractivity contribution in [3.8, 4) is 0 Å². The zero-order valence-electron chi connectivity index (χ0n) is 16.2. The van der Waals surface area contributed by atoms with Gasteiger partial charge in [0.1, 0.15) is 5.92 Å². The predicted molar refractivity (Wildman–Crippen MR) is 97.8 cm³/mol. The number of carbonyl (C=O) groups is 2. The number of hydrogen-bond donors (Lipinski definition) is 0. The monoisotopic (exact) mass is 393 g/mol. The van der Waals surface area contributed by atoms with Gasteiger partial charge in [-0.15, -0.1) is 0 Å². The number of carbonyl (C=O) groups excluding carboxylic acids is 2. The number of esters is 1. The molecule has 150 valence electrons. The number of ketones is 1. The maximum absolute atomic E-state index is 13.0. The molecule has 1 unspecified atom stereocenters. The van der Waals surface area contributed by atoms with Crippen LogP contribution in [-0.4, -0.2) is 24.6 Å². The standard InChI is InChI=1S/C21H22F3NO3/c1-11-16(19(27)28-4)17(12-5-7-13(8-6-12)21(22,23)24)18-14(25-11)9-20(2,3)10-15(18)26/h5-8,16-17H,9-10H2,1-4H3/t16?,17-/m0/s1. The first kappa shape index (κ1) is 20.3. The van der Waals surface area contributed by atoms with Crippen molar-refractivity contribution in [2.45, 2.75) is 45.7 Å². The Morgan fingerprint density at radius 3 is 2.32 bits per heavy atom. The van der Waals surface area contributed by atoms with Gasteiger partial charge in [-0.25, -0.2) is 0 Å². The zero-order valence-corrected chi connectivity index (χ0v) is 16.2. The average Bonchev–Trinajstić information content (AvgIpc) is 2.58. The Labute approximate surface area is 161 Å². The minimum absolute atomic E-state index is 0.124. The summed E-state index contributed by atoms with van der Waals surface area (Å²) in [7, 11) is 1.25. The van der Waals surface area contributed by atoms with Gasteiger partial charge in [0.25, 0.3) is 0 Å². The molecule has 0 aromatic heterocycles. The van der Waals surface area contributed by atoms with Crippen LogP contribution in [0.15, 0.2) is 40.5 Å². The van der Waals surface area contributed by atoms with E-state index in [1.807, 2.05) is 13.8 Å². The number of methoxy groups -OCH3 is 1. The number of rotatable bonds is 2. The van der Waals surface area contributed by atoms with E-state index >= 15 is 0 Å². The third kappa shape index (κ3) is 3.62. The number of Topliss-reactive ketones (excluding diaryl/α,β-unsaturated/α-hetero) is 1. The lowest BCUT2D eigenvalue weighted by atomic mass is 9.67. The smallest absolute Gasteiger partial charge is 0.416 e. The van der Waals surface area contributed by atoms with Crippen molar-refractivity contribution >= 4 is 17.5 Å². The summed E-state index contributed by atoms with van der Waals surface area (Å²) in [4.78, 5) is 30.0. The van der Waals surface area contributed by atoms with E-state index in [0.29, 0.717) is 35.4 Å². The molecule has 0 N–H and O–H groups in total. The quantitative estimate of drug-likeness (QED) is 0.685. The minimum atomic E-state index is -4.46. The Balaban J connectivity index is 2.15. The molecule has 0 fully saturated rings. The molecule has 0 saturated carbocycles. The summed E-state index contributed by atoms with van der Waals surface area (Å²) < 4.78 is 43.7. The molecule has 3 rings (SSSR count). The lowest BCUT2D eigenvalue weighted by molar-refractivity contribution is -0.143. The van der Waals surface area contributed by atoms with Crippen LogP contribution in [0, 0.1) is 11.3 Å². The summed E-state index contributed by atoms with van der Waals surface area (Å²) in [6.45, 7) is 5.63. The summed E-state index contributed by atoms with van der Waals surface area (Å²) in [6, 6.07) is 4.61. The molecule has 2 aliphatic rings. The SMILES string of the molecule is COC(=O)C1C(C)=NC2=C(C(=O)CC(C)(C)C2)[C@H]1c1ccc(C(F)(F)F)cc1. The second-order valence-corrected chi connectivity index (χ2v) is 8.15. The van der Waals surface area contributed by atoms with Crippen LogP contribution >= 0.6 is 0 Å². The Morgan fingerprint density at radius 2 is 1.79 bits per heavy atom. The van der Waals surface area contributed by atoms with E-state index in [2.05, 4.69) is 4.99 Å². The van der Waals surface area contributed by atoms with Crippen molar-refractivity contribution in [1.29, 1.82) is 0 Å². The van der Waals surface area contributed by atoms with E-state index in [1.165, 1.54) is 19.2 Å². The molecule has 28 heavy (non-hydrogen) atoms. The lowest BCUT2D eigenvalue weighted by Gasteiger charge is -2.38. The average molecular weight is 393 g/mol. The molecule has 2 atom stereocenters. The van der Waals surface area contributed by atoms with Crippen LogP contribution in [0.2, 0.25) is 0 Å². The molecule has 0 radical (unpaired) electrons. The number of hydrogen-bond acceptors (Lipinski definition) is 4. The molecule has 0 bridgehead atoms. The highest BCUT2D eigenvalue weighted by Gasteiger charge is 2.46. The molecule has 7 heteroatoms. The molecule has 1 aliphatic heterocycles. The lowest BCUT2D eigenvalue weighted by Crippen LogP contribution is -2.39. The van der Waals surface area contributed by atoms with Crippen LogP contribution in [0.1, 0.15) is 50.7 Å². The number of ether oxygens (including phenoxy) is 1. The zero-order chi connectivity index (χ0) is 20.9. The second kappa shape index (κ2) is 6.87. The minimum Gasteiger partial charge on any atom is -0.468 e. The highest BCUT2D eigenvalue weighted by Crippen LogP contribution is 2.48. The fourth-order valence-corrected chi connectivity index (χ4v) is 4.12. The topological polar surface area (TPSA) is 55.7 Å². The van der Waals surface area contributed by atoms with E-state index in [0.717, 1.165) is 12.1 Å². The number of aliphatic imine (C=N–C) groups is 1. The van der Waals surface area contributed by atoms with E-state index in [-0.39, 0.29) is 11.2 Å². The Kier molecular flexibility index (Phi) is 4.98. The molecule has 0 saturated heterocycles. The first-order valence-electron chi connectivity index (χ1n) is 9.01. The van der Waals surface area contributed by atoms with Crippen molar-refractivity contribution in [2.24, 2.45) is 16.3 Å². The molecule has 1 heterocycles. The molecule has 0 spiro atoms. The second-order valence-electron chi connectivity index (χ2n) is 8.15. The normalized spacial score (nSPS) is 24.5. The van der Waals surface area contributed by atoms with Crippen LogP contribution < -0.4 is 0 Å². The van der Waals surface area contributed by atoms with Gasteiger partial charge in [0, 0.05) is 29.3 Å². The number of allylic oxidation sites excluding steroid dienone is 2. The van der Waals surface area contributed by atoms with Gasteiger partial charge in [-0.2, -0.15) is 13.2 Å². The van der Waals surface area contributed by atoms with Crippen molar-refractivity contribution in [2.75, 3.05) is 7.11 Å². The molecule has 4 nitrogen and oxygen atoms in total. The van der Waals surface area contributed by atoms with Gasteiger partial charge in [-0.3, -0.25) is 14.6 Å². The van der Waals surface area contributed by atoms with Crippen molar-refractivity contribution in [1.82, 2.24) is 0 Å². The summed E-state index contributed by atoms with van der Waals surface area (Å²) in [5.41, 5.74) is 0.961. The molecule has 1 aromatic carbocycles. The van der Waals surface area contributed by atoms with E-state index in [4.69, 9.17) is 4.74 Å². The first-order valence-corrected chi connectivity index (χ1v) is 9.01. The summed E-state index contributed by atoms with van der Waals surface area (Å²) in [5.74, 6) is -2.23. The van der Waals surface area contributed by atoms with Crippen molar-refractivity contribution in [3.05, 3.63) is 46.7 Å². The van der Waals surface area contributed by atoms with Gasteiger partial charge in [-0.1, -0.05) is 26.0 Å². The van der Waals surface area contributed by atoms with Crippen LogP contribution in [0.4, 0.5) is 13.2 Å². The highest BCUT2D eigenvalue weighted by atomic mass is 19.4. The predicted octanol–water partition coefficient (Wildman–Crippen LogP) is 4.70. The van der Waals surface area contributed by atoms with Gasteiger partial charge in [0.05, 0.1) is 12.7 Å². The maximum atomic E-state index is 13.0. The summed E-state index contributed by atoms with van der Waals surface area (Å²) >= 11 is 0. The number of nitrogens with zero attached hydrogens (tertiary/aromatic N) is 1. The third-order valence-electron chi connectivity index (χ3n) is 5.35. The van der Waals surface area contributed by atoms with Crippen molar-refractivity contribution in [3.63, 3.8) is 0 Å². The molecule has 1 aromatic rings. The van der Waals surface area contributed by atoms with Crippen LogP contribution in [0.3, 0.4) is 0 Å². The molecular formula is C21H22F3NO3. The molecule has 0 amide bonds. The van der Waals surface area contributed by atoms with Gasteiger partial charge < -0.3 is 4.74 Å². The van der Waals surface area contributed by atoms with Crippen LogP contribution in [-0.2, 0) is 20.5 Å². The maximum Gasteiger partial charge on any atom is 0.416 e. The number of benzene rings is 1. The first-order chi connectivity index (χ1) is 12.9. The Bertz CT molecular complexity index is 879. The molecular weight excluding hydrogens is 371 g/mol. The number of halogens is 3. The fourth-order valence-electron chi connectivity index (χ4n) is 4.12. The highest BCUT2D eigenvalue weighted by molar-refractivity contribution is 6.09. The largest absolute Gasteiger partial charge is 0.468 e. The number of alkyl halides is 3. The van der Waals surface area contributed by atoms with E-state index in [1.54, 1.807) is 6.92 Å². The Hall–Kier alpha value is -2.44. The third-order valence-corrected chi connectivity index (χ3v) is 5.35. The van der Waals surface area contributed by atoms with Crippen LogP contribution in [0.25, 0.3) is 0 Å². The van der Waals surface area contributed by atoms with Gasteiger partial charge >= 0.3 is 12.1 Å². The fraction of sp³-hybridized carbons (Fsp3) is 0.476. The molecule has 1 aliphatic carbocycles.